The molecule has 1 atom stereocenters. The van der Waals surface area contributed by atoms with Crippen LogP contribution in [0.25, 0.3) is 0 Å². The molecule has 110 valence electrons. The lowest BCUT2D eigenvalue weighted by molar-refractivity contribution is -0.175. The van der Waals surface area contributed by atoms with E-state index in [1.807, 2.05) is 0 Å². The molecule has 1 unspecified atom stereocenters. The Morgan fingerprint density at radius 3 is 2.65 bits per heavy atom. The van der Waals surface area contributed by atoms with E-state index >= 15 is 0 Å². The van der Waals surface area contributed by atoms with E-state index in [0.717, 1.165) is 6.92 Å². The third-order valence-corrected chi connectivity index (χ3v) is 3.24. The maximum Gasteiger partial charge on any atom is 0.412 e. The Bertz CT molecular complexity index is 523. The lowest BCUT2D eigenvalue weighted by Gasteiger charge is -2.27. The van der Waals surface area contributed by atoms with Gasteiger partial charge in [0.15, 0.2) is 11.8 Å². The first-order chi connectivity index (χ1) is 9.32. The van der Waals surface area contributed by atoms with Gasteiger partial charge in [0, 0.05) is 31.1 Å². The highest BCUT2D eigenvalue weighted by molar-refractivity contribution is 5.95. The van der Waals surface area contributed by atoms with Crippen molar-refractivity contribution in [1.29, 1.82) is 0 Å². The summed E-state index contributed by atoms with van der Waals surface area (Å²) in [6, 6.07) is -2.03. The molecular weight excluding hydrogens is 275 g/mol. The van der Waals surface area contributed by atoms with Gasteiger partial charge in [0.1, 0.15) is 0 Å². The molecule has 1 aromatic rings. The summed E-state index contributed by atoms with van der Waals surface area (Å²) in [6.45, 7) is 1.50. The first-order valence-electron chi connectivity index (χ1n) is 6.05. The molecule has 20 heavy (non-hydrogen) atoms. The van der Waals surface area contributed by atoms with Gasteiger partial charge in [-0.25, -0.2) is 4.98 Å². The summed E-state index contributed by atoms with van der Waals surface area (Å²) < 4.78 is 40.6. The molecule has 0 saturated heterocycles. The van der Waals surface area contributed by atoms with Crippen LogP contribution >= 0.6 is 0 Å². The number of rotatable bonds is 4. The van der Waals surface area contributed by atoms with Crippen molar-refractivity contribution < 1.29 is 23.1 Å². The molecule has 1 aromatic heterocycles. The highest BCUT2D eigenvalue weighted by Gasteiger charge is 2.52. The van der Waals surface area contributed by atoms with Crippen LogP contribution in [0.15, 0.2) is 30.1 Å². The van der Waals surface area contributed by atoms with Crippen molar-refractivity contribution in [2.45, 2.75) is 32.1 Å². The fraction of sp³-hybridized carbons (Fsp3) is 0.500. The number of aromatic nitrogens is 2. The molecule has 0 spiro atoms. The van der Waals surface area contributed by atoms with Crippen LogP contribution in [0.4, 0.5) is 13.2 Å². The molecule has 1 aliphatic heterocycles. The molecule has 0 aliphatic carbocycles. The summed E-state index contributed by atoms with van der Waals surface area (Å²) in [4.78, 5) is 16.2. The van der Waals surface area contributed by atoms with Crippen LogP contribution in [0.3, 0.4) is 0 Å². The average Bonchev–Trinajstić information content (AvgIpc) is 2.93. The molecule has 0 radical (unpaired) electrons. The Kier molecular flexibility index (Phi) is 3.74. The molecule has 0 bridgehead atoms. The topological polar surface area (TPSA) is 58.4 Å². The minimum absolute atomic E-state index is 0.0808. The highest BCUT2D eigenvalue weighted by atomic mass is 19.4. The van der Waals surface area contributed by atoms with Gasteiger partial charge in [-0.3, -0.25) is 4.79 Å². The number of aliphatic hydroxyl groups excluding tert-OH is 1. The van der Waals surface area contributed by atoms with E-state index in [2.05, 4.69) is 4.98 Å². The second kappa shape index (κ2) is 5.18. The zero-order chi connectivity index (χ0) is 14.9. The highest BCUT2D eigenvalue weighted by Crippen LogP contribution is 2.36. The fourth-order valence-corrected chi connectivity index (χ4v) is 2.28. The fourth-order valence-electron chi connectivity index (χ4n) is 2.28. The van der Waals surface area contributed by atoms with Gasteiger partial charge in [-0.2, -0.15) is 13.2 Å². The summed E-state index contributed by atoms with van der Waals surface area (Å²) in [6.07, 6.45) is 0.563. The maximum absolute atomic E-state index is 13.0. The first kappa shape index (κ1) is 14.4. The summed E-state index contributed by atoms with van der Waals surface area (Å²) in [5, 5.41) is 9.43. The van der Waals surface area contributed by atoms with Crippen LogP contribution in [0.1, 0.15) is 13.3 Å². The number of imidazole rings is 1. The van der Waals surface area contributed by atoms with Crippen molar-refractivity contribution in [1.82, 2.24) is 14.5 Å². The van der Waals surface area contributed by atoms with E-state index in [1.165, 1.54) is 0 Å². The normalized spacial score (nSPS) is 20.1. The van der Waals surface area contributed by atoms with Crippen molar-refractivity contribution >= 4 is 5.91 Å². The summed E-state index contributed by atoms with van der Waals surface area (Å²) in [5.74, 6) is -1.76. The maximum atomic E-state index is 13.0. The third-order valence-electron chi connectivity index (χ3n) is 3.24. The number of nitrogens with zero attached hydrogens (tertiary/aromatic N) is 3. The lowest BCUT2D eigenvalue weighted by Crippen LogP contribution is -2.45. The summed E-state index contributed by atoms with van der Waals surface area (Å²) in [5.41, 5.74) is -0.342. The van der Waals surface area contributed by atoms with Gasteiger partial charge in [0.05, 0.1) is 6.33 Å². The third kappa shape index (κ3) is 2.63. The molecule has 5 nitrogen and oxygen atoms in total. The predicted molar refractivity (Wildman–Crippen MR) is 63.7 cm³/mol. The predicted octanol–water partition coefficient (Wildman–Crippen LogP) is 1.88. The van der Waals surface area contributed by atoms with E-state index in [1.54, 1.807) is 23.3 Å². The van der Waals surface area contributed by atoms with Crippen LogP contribution in [0.2, 0.25) is 0 Å². The number of hydrogen-bond donors (Lipinski definition) is 1. The van der Waals surface area contributed by atoms with Gasteiger partial charge in [-0.1, -0.05) is 0 Å². The van der Waals surface area contributed by atoms with Crippen LogP contribution in [-0.2, 0) is 11.3 Å². The summed E-state index contributed by atoms with van der Waals surface area (Å²) >= 11 is 0. The molecule has 8 heteroatoms. The molecule has 1 N–H and O–H groups in total. The zero-order valence-electron chi connectivity index (χ0n) is 10.8. The Morgan fingerprint density at radius 1 is 1.40 bits per heavy atom. The number of alkyl halides is 3. The van der Waals surface area contributed by atoms with Gasteiger partial charge in [0.25, 0.3) is 5.91 Å². The van der Waals surface area contributed by atoms with Crippen LogP contribution in [0, 0.1) is 0 Å². The Balaban J connectivity index is 2.04. The number of halogens is 3. The minimum atomic E-state index is -4.58. The SMILES string of the molecule is CC1=C(O)C(=O)N(CCCn2ccnc2)C1C(F)(F)F. The van der Waals surface area contributed by atoms with Crippen LogP contribution in [0.5, 0.6) is 0 Å². The number of aryl methyl sites for hydroxylation is 1. The van der Waals surface area contributed by atoms with Gasteiger partial charge >= 0.3 is 6.18 Å². The minimum Gasteiger partial charge on any atom is -0.503 e. The second-order valence-electron chi connectivity index (χ2n) is 4.63. The Labute approximate surface area is 113 Å². The van der Waals surface area contributed by atoms with E-state index in [9.17, 15) is 23.1 Å². The van der Waals surface area contributed by atoms with Crippen LogP contribution < -0.4 is 0 Å². The van der Waals surface area contributed by atoms with Crippen molar-refractivity contribution in [3.8, 4) is 0 Å². The molecule has 1 amide bonds. The average molecular weight is 289 g/mol. The lowest BCUT2D eigenvalue weighted by atomic mass is 10.1. The quantitative estimate of drug-likeness (QED) is 0.920. The Hall–Kier alpha value is -1.99. The van der Waals surface area contributed by atoms with Gasteiger partial charge in [0.2, 0.25) is 0 Å². The van der Waals surface area contributed by atoms with Crippen molar-refractivity contribution in [2.75, 3.05) is 6.54 Å². The number of aliphatic hydroxyl groups is 1. The largest absolute Gasteiger partial charge is 0.503 e. The van der Waals surface area contributed by atoms with E-state index in [-0.39, 0.29) is 12.1 Å². The standard InChI is InChI=1S/C12H14F3N3O2/c1-8-9(19)11(20)18(10(8)12(13,14)15)5-2-4-17-6-3-16-7-17/h3,6-7,10,19H,2,4-5H2,1H3. The second-order valence-corrected chi connectivity index (χ2v) is 4.63. The molecule has 2 heterocycles. The molecule has 0 saturated carbocycles. The number of hydrogen-bond acceptors (Lipinski definition) is 3. The van der Waals surface area contributed by atoms with Crippen molar-refractivity contribution in [3.63, 3.8) is 0 Å². The number of carbonyl (C=O) groups excluding carboxylic acids is 1. The molecule has 1 aliphatic rings. The van der Waals surface area contributed by atoms with Crippen molar-refractivity contribution in [3.05, 3.63) is 30.1 Å². The first-order valence-corrected chi connectivity index (χ1v) is 6.05. The smallest absolute Gasteiger partial charge is 0.412 e. The molecule has 2 rings (SSSR count). The Morgan fingerprint density at radius 2 is 2.10 bits per heavy atom. The van der Waals surface area contributed by atoms with E-state index in [0.29, 0.717) is 17.9 Å². The number of carbonyl (C=O) groups is 1. The monoisotopic (exact) mass is 289 g/mol. The molecule has 0 aromatic carbocycles. The zero-order valence-corrected chi connectivity index (χ0v) is 10.8. The molecular formula is C12H14F3N3O2. The van der Waals surface area contributed by atoms with Crippen molar-refractivity contribution in [2.24, 2.45) is 0 Å². The molecule has 0 fully saturated rings. The number of amides is 1. The van der Waals surface area contributed by atoms with Gasteiger partial charge in [-0.05, 0) is 13.3 Å². The van der Waals surface area contributed by atoms with E-state index in [4.69, 9.17) is 0 Å². The van der Waals surface area contributed by atoms with Gasteiger partial charge < -0.3 is 14.6 Å². The summed E-state index contributed by atoms with van der Waals surface area (Å²) in [7, 11) is 0. The van der Waals surface area contributed by atoms with Gasteiger partial charge in [-0.15, -0.1) is 0 Å². The van der Waals surface area contributed by atoms with Crippen LogP contribution in [-0.4, -0.2) is 44.2 Å². The van der Waals surface area contributed by atoms with E-state index < -0.39 is 23.9 Å².